The summed E-state index contributed by atoms with van der Waals surface area (Å²) >= 11 is 0. The first-order valence-electron chi connectivity index (χ1n) is 43.9. The number of hydrogen-bond acceptors (Lipinski definition) is 2. The smallest absolute Gasteiger partial charge is 0.0562 e. The molecular weight excluding hydrogens is 1550 g/mol. The predicted molar refractivity (Wildman–Crippen MR) is 542 cm³/mol. The largest absolute Gasteiger partial charge is 0.310 e. The van der Waals surface area contributed by atoms with Crippen LogP contribution < -0.4 is 9.80 Å². The standard InChI is InChI=1S/C62H41N3.C60H41N3/c1-2-14-42(15-3-1)43-28-33-48(34-29-43)63(50-37-38-55-53-22-8-10-24-59(53)65(62(55)41-50)58-27-13-19-46-17-5-7-21-52(46)58)49-35-30-44(31-36-49)47-32-39-61-56(40-47)54-23-9-11-25-60(54)64(61)57-26-12-18-45-16-4-6-20-51(45)57;1-4-14-42(15-5-1)44-24-31-49(32-25-44)61(52-37-38-55-53-20-10-12-22-57(53)63(60(55)41-52)48-18-8-3-9-19-48)50-33-28-46(29-34-50)47-30-39-59-56(40-47)54-21-11-13-23-58(54)62(59)51-35-26-45(27-36-51)43-16-6-2-7-17-43/h1-41H;1-41H. The van der Waals surface area contributed by atoms with Gasteiger partial charge in [0.25, 0.3) is 0 Å². The lowest BCUT2D eigenvalue weighted by Gasteiger charge is -2.26. The molecule has 21 aromatic carbocycles. The van der Waals surface area contributed by atoms with Gasteiger partial charge in [0, 0.05) is 99.4 Å². The maximum Gasteiger partial charge on any atom is 0.0562 e. The van der Waals surface area contributed by atoms with Crippen LogP contribution in [0.25, 0.3) is 187 Å². The third kappa shape index (κ3) is 13.1. The van der Waals surface area contributed by atoms with Crippen molar-refractivity contribution < 1.29 is 0 Å². The molecule has 600 valence electrons. The van der Waals surface area contributed by atoms with E-state index in [1.807, 2.05) is 0 Å². The molecule has 128 heavy (non-hydrogen) atoms. The highest BCUT2D eigenvalue weighted by Gasteiger charge is 2.24. The molecule has 0 atom stereocenters. The maximum atomic E-state index is 2.45. The van der Waals surface area contributed by atoms with Crippen molar-refractivity contribution in [1.82, 2.24) is 18.3 Å². The van der Waals surface area contributed by atoms with Gasteiger partial charge in [-0.3, -0.25) is 0 Å². The molecule has 0 N–H and O–H groups in total. The van der Waals surface area contributed by atoms with Gasteiger partial charge >= 0.3 is 0 Å². The Hall–Kier alpha value is -17.1. The van der Waals surface area contributed by atoms with Gasteiger partial charge in [-0.05, 0) is 224 Å². The Kier molecular flexibility index (Phi) is 18.5. The van der Waals surface area contributed by atoms with Crippen molar-refractivity contribution in [2.24, 2.45) is 0 Å². The zero-order chi connectivity index (χ0) is 84.5. The highest BCUT2D eigenvalue weighted by atomic mass is 15.2. The normalized spacial score (nSPS) is 11.6. The van der Waals surface area contributed by atoms with Crippen molar-refractivity contribution in [1.29, 1.82) is 0 Å². The first-order valence-corrected chi connectivity index (χ1v) is 43.9. The number of hydrogen-bond donors (Lipinski definition) is 0. The molecular formula is C122H82N6. The van der Waals surface area contributed by atoms with E-state index in [0.717, 1.165) is 45.5 Å². The quantitative estimate of drug-likeness (QED) is 0.102. The Labute approximate surface area is 741 Å². The molecule has 4 heterocycles. The molecule has 0 bridgehead atoms. The van der Waals surface area contributed by atoms with Crippen LogP contribution in [0.2, 0.25) is 0 Å². The summed E-state index contributed by atoms with van der Waals surface area (Å²) in [6, 6.07) is 181. The minimum Gasteiger partial charge on any atom is -0.310 e. The highest BCUT2D eigenvalue weighted by molar-refractivity contribution is 6.15. The Morgan fingerprint density at radius 1 is 0.125 bits per heavy atom. The lowest BCUT2D eigenvalue weighted by atomic mass is 10.0. The minimum absolute atomic E-state index is 1.09. The van der Waals surface area contributed by atoms with Gasteiger partial charge in [0.1, 0.15) is 0 Å². The summed E-state index contributed by atoms with van der Waals surface area (Å²) in [5.41, 5.74) is 32.6. The third-order valence-electron chi connectivity index (χ3n) is 25.8. The Balaban J connectivity index is 0.000000143. The summed E-state index contributed by atoms with van der Waals surface area (Å²) < 4.78 is 9.66. The van der Waals surface area contributed by atoms with Crippen LogP contribution in [0.5, 0.6) is 0 Å². The molecule has 25 rings (SSSR count). The van der Waals surface area contributed by atoms with E-state index in [9.17, 15) is 0 Å². The number of fused-ring (bicyclic) bond motifs is 14. The molecule has 6 nitrogen and oxygen atoms in total. The number of aromatic nitrogens is 4. The van der Waals surface area contributed by atoms with Gasteiger partial charge in [-0.15, -0.1) is 0 Å². The van der Waals surface area contributed by atoms with Gasteiger partial charge in [0.05, 0.1) is 55.5 Å². The van der Waals surface area contributed by atoms with Crippen molar-refractivity contribution in [2.75, 3.05) is 9.80 Å². The summed E-state index contributed by atoms with van der Waals surface area (Å²) in [7, 11) is 0. The number of para-hydroxylation sites is 5. The van der Waals surface area contributed by atoms with Crippen LogP contribution >= 0.6 is 0 Å². The predicted octanol–water partition coefficient (Wildman–Crippen LogP) is 33.3. The van der Waals surface area contributed by atoms with Crippen LogP contribution in [0.1, 0.15) is 0 Å². The highest BCUT2D eigenvalue weighted by Crippen LogP contribution is 2.47. The number of anilines is 6. The fourth-order valence-corrected chi connectivity index (χ4v) is 19.8. The number of rotatable bonds is 15. The Morgan fingerprint density at radius 3 is 0.766 bits per heavy atom. The zero-order valence-corrected chi connectivity index (χ0v) is 70.0. The second-order valence-electron chi connectivity index (χ2n) is 33.1. The van der Waals surface area contributed by atoms with Crippen LogP contribution in [-0.2, 0) is 0 Å². The molecule has 0 spiro atoms. The second-order valence-corrected chi connectivity index (χ2v) is 33.1. The Bertz CT molecular complexity index is 8490. The zero-order valence-electron chi connectivity index (χ0n) is 70.0. The number of nitrogens with zero attached hydrogens (tertiary/aromatic N) is 6. The van der Waals surface area contributed by atoms with E-state index in [-0.39, 0.29) is 0 Å². The average molecular weight is 1630 g/mol. The van der Waals surface area contributed by atoms with Gasteiger partial charge < -0.3 is 28.1 Å². The maximum absolute atomic E-state index is 2.45. The summed E-state index contributed by atoms with van der Waals surface area (Å²) in [6.07, 6.45) is 0. The molecule has 6 heteroatoms. The molecule has 0 radical (unpaired) electrons. The van der Waals surface area contributed by atoms with Gasteiger partial charge in [-0.1, -0.05) is 340 Å². The molecule has 0 saturated heterocycles. The first-order chi connectivity index (χ1) is 63.5. The summed E-state index contributed by atoms with van der Waals surface area (Å²) in [6.45, 7) is 0. The van der Waals surface area contributed by atoms with E-state index >= 15 is 0 Å². The fraction of sp³-hybridized carbons (Fsp3) is 0. The molecule has 0 amide bonds. The molecule has 4 aromatic heterocycles. The van der Waals surface area contributed by atoms with Crippen LogP contribution in [0.4, 0.5) is 34.1 Å². The van der Waals surface area contributed by atoms with E-state index in [4.69, 9.17) is 0 Å². The van der Waals surface area contributed by atoms with Crippen molar-refractivity contribution >= 4 is 143 Å². The minimum atomic E-state index is 1.09. The summed E-state index contributed by atoms with van der Waals surface area (Å²) in [5.74, 6) is 0. The molecule has 25 aromatic rings. The van der Waals surface area contributed by atoms with E-state index in [2.05, 4.69) is 526 Å². The number of benzene rings is 21. The monoisotopic (exact) mass is 1630 g/mol. The van der Waals surface area contributed by atoms with E-state index in [1.54, 1.807) is 0 Å². The van der Waals surface area contributed by atoms with Gasteiger partial charge in [-0.2, -0.15) is 0 Å². The molecule has 0 saturated carbocycles. The molecule has 0 aliphatic rings. The summed E-state index contributed by atoms with van der Waals surface area (Å²) in [5, 5.41) is 14.8. The van der Waals surface area contributed by atoms with Crippen molar-refractivity contribution in [2.45, 2.75) is 0 Å². The molecule has 0 aliphatic carbocycles. The van der Waals surface area contributed by atoms with Crippen LogP contribution in [-0.4, -0.2) is 18.3 Å². The van der Waals surface area contributed by atoms with E-state index in [0.29, 0.717) is 0 Å². The topological polar surface area (TPSA) is 26.2 Å². The van der Waals surface area contributed by atoms with Crippen LogP contribution in [0, 0.1) is 0 Å². The van der Waals surface area contributed by atoms with Gasteiger partial charge in [-0.25, -0.2) is 0 Å². The first kappa shape index (κ1) is 74.7. The SMILES string of the molecule is c1ccc(-c2ccc(N(c3ccc(-c4ccc5c(c4)c4ccccc4n5-c4ccc(-c5ccccc5)cc4)cc3)c3ccc4c5ccccc5n(-c5ccccc5)c4c3)cc2)cc1.c1ccc(-c2ccc(N(c3ccc(-c4ccc5c(c4)c4ccccc4n5-c4cccc5ccccc45)cc3)c3ccc4c5ccccc5n(-c5cccc6ccccc56)c4c3)cc2)cc1. The molecule has 0 aliphatic heterocycles. The van der Waals surface area contributed by atoms with Crippen LogP contribution in [0.15, 0.2) is 497 Å². The molecule has 0 fully saturated rings. The third-order valence-corrected chi connectivity index (χ3v) is 25.8. The lowest BCUT2D eigenvalue weighted by molar-refractivity contribution is 1.18. The second kappa shape index (κ2) is 31.7. The van der Waals surface area contributed by atoms with Crippen molar-refractivity contribution in [3.05, 3.63) is 497 Å². The van der Waals surface area contributed by atoms with E-state index in [1.165, 1.54) is 176 Å². The average Bonchev–Trinajstić information content (AvgIpc) is 1.74. The van der Waals surface area contributed by atoms with Crippen molar-refractivity contribution in [3.8, 4) is 78.4 Å². The van der Waals surface area contributed by atoms with Gasteiger partial charge in [0.2, 0.25) is 0 Å². The van der Waals surface area contributed by atoms with E-state index < -0.39 is 0 Å². The lowest BCUT2D eigenvalue weighted by Crippen LogP contribution is -2.10. The molecule has 0 unspecified atom stereocenters. The Morgan fingerprint density at radius 2 is 0.367 bits per heavy atom. The van der Waals surface area contributed by atoms with Crippen LogP contribution in [0.3, 0.4) is 0 Å². The van der Waals surface area contributed by atoms with Crippen molar-refractivity contribution in [3.63, 3.8) is 0 Å². The fourth-order valence-electron chi connectivity index (χ4n) is 19.8. The van der Waals surface area contributed by atoms with Gasteiger partial charge in [0.15, 0.2) is 0 Å². The summed E-state index contributed by atoms with van der Waals surface area (Å²) in [4.78, 5) is 4.77.